The van der Waals surface area contributed by atoms with Gasteiger partial charge in [0.2, 0.25) is 0 Å². The van der Waals surface area contributed by atoms with Crippen molar-refractivity contribution in [2.45, 2.75) is 13.5 Å². The number of pyridine rings is 2. The summed E-state index contributed by atoms with van der Waals surface area (Å²) in [5, 5.41) is 9.68. The molecule has 4 aromatic heterocycles. The molecule has 6 heteroatoms. The van der Waals surface area contributed by atoms with Crippen LogP contribution in [0.4, 0.5) is 0 Å². The lowest BCUT2D eigenvalue weighted by molar-refractivity contribution is 0.665. The average molecular weight is 357 g/mol. The summed E-state index contributed by atoms with van der Waals surface area (Å²) in [5.41, 5.74) is 4.72. The minimum absolute atomic E-state index is 0.626. The molecule has 26 heavy (non-hydrogen) atoms. The van der Waals surface area contributed by atoms with Gasteiger partial charge in [0.15, 0.2) is 5.65 Å². The SMILES string of the molecule is Cc1ccc(-c2ccc3nnn(Cc4ccc5ncccc5c4)c3n2)s1. The second-order valence-electron chi connectivity index (χ2n) is 6.23. The quantitative estimate of drug-likeness (QED) is 0.478. The Morgan fingerprint density at radius 2 is 1.92 bits per heavy atom. The van der Waals surface area contributed by atoms with Crippen LogP contribution in [0.5, 0.6) is 0 Å². The van der Waals surface area contributed by atoms with E-state index in [4.69, 9.17) is 4.98 Å². The van der Waals surface area contributed by atoms with Crippen LogP contribution < -0.4 is 0 Å². The summed E-state index contributed by atoms with van der Waals surface area (Å²) in [6.07, 6.45) is 1.81. The van der Waals surface area contributed by atoms with Crippen LogP contribution in [0.1, 0.15) is 10.4 Å². The monoisotopic (exact) mass is 357 g/mol. The minimum atomic E-state index is 0.626. The van der Waals surface area contributed by atoms with Crippen LogP contribution in [0.3, 0.4) is 0 Å². The van der Waals surface area contributed by atoms with Crippen LogP contribution in [0.25, 0.3) is 32.6 Å². The maximum atomic E-state index is 4.81. The van der Waals surface area contributed by atoms with Gasteiger partial charge in [-0.25, -0.2) is 9.67 Å². The fourth-order valence-corrected chi connectivity index (χ4v) is 3.90. The predicted octanol–water partition coefficient (Wildman–Crippen LogP) is 4.46. The topological polar surface area (TPSA) is 56.5 Å². The molecule has 0 aliphatic carbocycles. The number of fused-ring (bicyclic) bond motifs is 2. The summed E-state index contributed by atoms with van der Waals surface area (Å²) in [6, 6.07) is 18.5. The first kappa shape index (κ1) is 15.2. The smallest absolute Gasteiger partial charge is 0.179 e. The zero-order chi connectivity index (χ0) is 17.5. The molecule has 0 atom stereocenters. The van der Waals surface area contributed by atoms with Gasteiger partial charge in [-0.1, -0.05) is 17.3 Å². The van der Waals surface area contributed by atoms with Gasteiger partial charge in [-0.3, -0.25) is 4.98 Å². The maximum Gasteiger partial charge on any atom is 0.179 e. The summed E-state index contributed by atoms with van der Waals surface area (Å²) in [4.78, 5) is 11.6. The molecule has 0 N–H and O–H groups in total. The molecule has 0 unspecified atom stereocenters. The van der Waals surface area contributed by atoms with E-state index in [0.29, 0.717) is 6.54 Å². The van der Waals surface area contributed by atoms with Crippen LogP contribution in [0.2, 0.25) is 0 Å². The van der Waals surface area contributed by atoms with Crippen LogP contribution in [-0.2, 0) is 6.54 Å². The summed E-state index contributed by atoms with van der Waals surface area (Å²) in [5.74, 6) is 0. The molecule has 0 saturated carbocycles. The molecule has 5 aromatic rings. The van der Waals surface area contributed by atoms with E-state index in [1.807, 2.05) is 35.1 Å². The Hall–Kier alpha value is -3.12. The van der Waals surface area contributed by atoms with Crippen molar-refractivity contribution < 1.29 is 0 Å². The molecule has 0 aliphatic heterocycles. The van der Waals surface area contributed by atoms with Crippen LogP contribution in [-0.4, -0.2) is 25.0 Å². The number of rotatable bonds is 3. The predicted molar refractivity (Wildman–Crippen MR) is 104 cm³/mol. The third kappa shape index (κ3) is 2.64. The summed E-state index contributed by atoms with van der Waals surface area (Å²) < 4.78 is 1.86. The molecular weight excluding hydrogens is 342 g/mol. The third-order valence-electron chi connectivity index (χ3n) is 4.35. The fourth-order valence-electron chi connectivity index (χ4n) is 3.07. The van der Waals surface area contributed by atoms with E-state index < -0.39 is 0 Å². The molecular formula is C20H15N5S. The molecule has 5 rings (SSSR count). The largest absolute Gasteiger partial charge is 0.256 e. The Bertz CT molecular complexity index is 1240. The first-order chi connectivity index (χ1) is 12.8. The van der Waals surface area contributed by atoms with Gasteiger partial charge in [-0.2, -0.15) is 0 Å². The van der Waals surface area contributed by atoms with Gasteiger partial charge in [0, 0.05) is 16.5 Å². The van der Waals surface area contributed by atoms with Crippen LogP contribution in [0, 0.1) is 6.92 Å². The maximum absolute atomic E-state index is 4.81. The van der Waals surface area contributed by atoms with Crippen molar-refractivity contribution in [1.29, 1.82) is 0 Å². The van der Waals surface area contributed by atoms with Gasteiger partial charge in [0.25, 0.3) is 0 Å². The molecule has 0 radical (unpaired) electrons. The average Bonchev–Trinajstić information content (AvgIpc) is 3.28. The zero-order valence-corrected chi connectivity index (χ0v) is 14.9. The van der Waals surface area contributed by atoms with Gasteiger partial charge < -0.3 is 0 Å². The molecule has 0 saturated heterocycles. The molecule has 0 spiro atoms. The Kier molecular flexibility index (Phi) is 3.50. The van der Waals surface area contributed by atoms with Gasteiger partial charge in [0.05, 0.1) is 22.6 Å². The fraction of sp³-hybridized carbons (Fsp3) is 0.100. The molecule has 0 fully saturated rings. The molecule has 5 nitrogen and oxygen atoms in total. The van der Waals surface area contributed by atoms with E-state index in [0.717, 1.165) is 38.2 Å². The van der Waals surface area contributed by atoms with E-state index in [1.54, 1.807) is 11.3 Å². The number of thiophene rings is 1. The molecule has 126 valence electrons. The number of aryl methyl sites for hydroxylation is 1. The molecule has 0 amide bonds. The highest BCUT2D eigenvalue weighted by Gasteiger charge is 2.10. The van der Waals surface area contributed by atoms with E-state index in [9.17, 15) is 0 Å². The summed E-state index contributed by atoms with van der Waals surface area (Å²) >= 11 is 1.74. The van der Waals surface area contributed by atoms with E-state index in [2.05, 4.69) is 52.6 Å². The van der Waals surface area contributed by atoms with Gasteiger partial charge in [-0.05, 0) is 55.0 Å². The normalized spacial score (nSPS) is 11.4. The van der Waals surface area contributed by atoms with Crippen molar-refractivity contribution in [3.05, 3.63) is 71.2 Å². The van der Waals surface area contributed by atoms with Crippen LogP contribution >= 0.6 is 11.3 Å². The highest BCUT2D eigenvalue weighted by molar-refractivity contribution is 7.15. The minimum Gasteiger partial charge on any atom is -0.256 e. The number of benzene rings is 1. The summed E-state index contributed by atoms with van der Waals surface area (Å²) in [7, 11) is 0. The molecule has 4 heterocycles. The molecule has 1 aromatic carbocycles. The Labute approximate surface area is 154 Å². The summed E-state index contributed by atoms with van der Waals surface area (Å²) in [6.45, 7) is 2.73. The Morgan fingerprint density at radius 3 is 2.81 bits per heavy atom. The highest BCUT2D eigenvalue weighted by Crippen LogP contribution is 2.27. The Balaban J connectivity index is 1.55. The van der Waals surface area contributed by atoms with Crippen LogP contribution in [0.15, 0.2) is 60.8 Å². The molecule has 0 aliphatic rings. The van der Waals surface area contributed by atoms with Crippen molar-refractivity contribution in [3.63, 3.8) is 0 Å². The van der Waals surface area contributed by atoms with Gasteiger partial charge in [0.1, 0.15) is 5.52 Å². The first-order valence-corrected chi connectivity index (χ1v) is 9.19. The van der Waals surface area contributed by atoms with Crippen molar-refractivity contribution in [1.82, 2.24) is 25.0 Å². The van der Waals surface area contributed by atoms with E-state index >= 15 is 0 Å². The van der Waals surface area contributed by atoms with E-state index in [-0.39, 0.29) is 0 Å². The standard InChI is InChI=1S/C20H15N5S/c1-13-4-9-19(26-13)17-7-8-18-20(22-17)25(24-23-18)12-14-5-6-16-15(11-14)3-2-10-21-16/h2-11H,12H2,1H3. The first-order valence-electron chi connectivity index (χ1n) is 8.37. The van der Waals surface area contributed by atoms with Gasteiger partial charge >= 0.3 is 0 Å². The van der Waals surface area contributed by atoms with E-state index in [1.165, 1.54) is 4.88 Å². The second-order valence-corrected chi connectivity index (χ2v) is 7.51. The zero-order valence-electron chi connectivity index (χ0n) is 14.1. The lowest BCUT2D eigenvalue weighted by Gasteiger charge is -2.05. The molecule has 0 bridgehead atoms. The number of hydrogen-bond acceptors (Lipinski definition) is 5. The lowest BCUT2D eigenvalue weighted by atomic mass is 10.1. The second kappa shape index (κ2) is 6.00. The lowest BCUT2D eigenvalue weighted by Crippen LogP contribution is -2.03. The van der Waals surface area contributed by atoms with Crippen molar-refractivity contribution in [2.75, 3.05) is 0 Å². The number of hydrogen-bond donors (Lipinski definition) is 0. The number of aromatic nitrogens is 5. The third-order valence-corrected chi connectivity index (χ3v) is 5.38. The highest BCUT2D eigenvalue weighted by atomic mass is 32.1. The Morgan fingerprint density at radius 1 is 1.00 bits per heavy atom. The van der Waals surface area contributed by atoms with Crippen molar-refractivity contribution in [3.8, 4) is 10.6 Å². The van der Waals surface area contributed by atoms with Crippen molar-refractivity contribution >= 4 is 33.4 Å². The number of nitrogens with zero attached hydrogens (tertiary/aromatic N) is 5. The van der Waals surface area contributed by atoms with Gasteiger partial charge in [-0.15, -0.1) is 16.4 Å². The van der Waals surface area contributed by atoms with Crippen molar-refractivity contribution in [2.24, 2.45) is 0 Å².